The molecular formula is C17H18N2O4. The highest BCUT2D eigenvalue weighted by Gasteiger charge is 2.06. The van der Waals surface area contributed by atoms with Crippen LogP contribution in [0.4, 0.5) is 4.79 Å². The Bertz CT molecular complexity index is 657. The van der Waals surface area contributed by atoms with Crippen molar-refractivity contribution in [2.75, 3.05) is 0 Å². The van der Waals surface area contributed by atoms with Crippen LogP contribution in [-0.2, 0) is 11.4 Å². The summed E-state index contributed by atoms with van der Waals surface area (Å²) >= 11 is 0. The number of benzene rings is 2. The van der Waals surface area contributed by atoms with Gasteiger partial charge in [-0.2, -0.15) is 0 Å². The van der Waals surface area contributed by atoms with Crippen LogP contribution >= 0.6 is 0 Å². The first-order valence-corrected chi connectivity index (χ1v) is 7.20. The largest absolute Gasteiger partial charge is 0.542 e. The van der Waals surface area contributed by atoms with Gasteiger partial charge in [0.25, 0.3) is 0 Å². The maximum Gasteiger partial charge on any atom is 0.542 e. The summed E-state index contributed by atoms with van der Waals surface area (Å²) in [7, 11) is 0. The van der Waals surface area contributed by atoms with Gasteiger partial charge in [-0.15, -0.1) is 5.11 Å². The quantitative estimate of drug-likeness (QED) is 0.339. The van der Waals surface area contributed by atoms with Gasteiger partial charge in [0.05, 0.1) is 12.6 Å². The van der Waals surface area contributed by atoms with Crippen LogP contribution in [0.1, 0.15) is 19.4 Å². The Morgan fingerprint density at radius 1 is 1.04 bits per heavy atom. The topological polar surface area (TPSA) is 69.5 Å². The highest BCUT2D eigenvalue weighted by atomic mass is 16.8. The molecule has 0 N–H and O–H groups in total. The minimum atomic E-state index is -0.938. The van der Waals surface area contributed by atoms with Crippen molar-refractivity contribution in [1.82, 2.24) is 0 Å². The lowest BCUT2D eigenvalue weighted by Gasteiger charge is -2.12. The van der Waals surface area contributed by atoms with Gasteiger partial charge in [0.1, 0.15) is 11.5 Å². The van der Waals surface area contributed by atoms with Crippen molar-refractivity contribution >= 4 is 6.16 Å². The minimum Gasteiger partial charge on any atom is -0.491 e. The number of carbonyl (C=O) groups is 1. The number of nitrogens with zero attached hydrogens (tertiary/aromatic N) is 2. The molecule has 23 heavy (non-hydrogen) atoms. The van der Waals surface area contributed by atoms with Crippen LogP contribution in [0, 0.1) is 0 Å². The number of carbonyl (C=O) groups excluding carboxylic acids is 1. The second kappa shape index (κ2) is 8.53. The van der Waals surface area contributed by atoms with Crippen molar-refractivity contribution in [3.63, 3.8) is 0 Å². The van der Waals surface area contributed by atoms with Crippen LogP contribution in [-0.4, -0.2) is 12.3 Å². The van der Waals surface area contributed by atoms with E-state index in [4.69, 9.17) is 9.47 Å². The zero-order valence-corrected chi connectivity index (χ0v) is 13.0. The van der Waals surface area contributed by atoms with Crippen molar-refractivity contribution in [1.29, 1.82) is 0 Å². The van der Waals surface area contributed by atoms with E-state index in [1.54, 1.807) is 24.3 Å². The predicted molar refractivity (Wildman–Crippen MR) is 84.3 cm³/mol. The lowest BCUT2D eigenvalue weighted by Crippen LogP contribution is -2.07. The highest BCUT2D eigenvalue weighted by molar-refractivity contribution is 5.63. The first-order valence-electron chi connectivity index (χ1n) is 7.20. The van der Waals surface area contributed by atoms with E-state index in [1.807, 2.05) is 44.2 Å². The molecule has 2 aromatic carbocycles. The maximum atomic E-state index is 11.4. The number of hydrogen-bond donors (Lipinski definition) is 0. The van der Waals surface area contributed by atoms with Gasteiger partial charge in [-0.3, -0.25) is 4.84 Å². The monoisotopic (exact) mass is 314 g/mol. The zero-order chi connectivity index (χ0) is 16.5. The smallest absolute Gasteiger partial charge is 0.491 e. The second-order valence-electron chi connectivity index (χ2n) is 4.91. The van der Waals surface area contributed by atoms with E-state index in [2.05, 4.69) is 15.2 Å². The normalized spacial score (nSPS) is 10.7. The van der Waals surface area contributed by atoms with Crippen LogP contribution in [0.5, 0.6) is 11.5 Å². The van der Waals surface area contributed by atoms with E-state index in [1.165, 1.54) is 0 Å². The Balaban J connectivity index is 1.84. The third-order valence-corrected chi connectivity index (χ3v) is 2.69. The van der Waals surface area contributed by atoms with E-state index in [-0.39, 0.29) is 12.6 Å². The van der Waals surface area contributed by atoms with Gasteiger partial charge < -0.3 is 9.47 Å². The molecule has 0 saturated heterocycles. The Hall–Kier alpha value is -2.89. The molecule has 120 valence electrons. The number of hydrogen-bond acceptors (Lipinski definition) is 6. The van der Waals surface area contributed by atoms with Gasteiger partial charge in [-0.1, -0.05) is 36.4 Å². The average Bonchev–Trinajstić information content (AvgIpc) is 2.53. The van der Waals surface area contributed by atoms with Crippen LogP contribution in [0.2, 0.25) is 0 Å². The van der Waals surface area contributed by atoms with Gasteiger partial charge >= 0.3 is 6.16 Å². The Morgan fingerprint density at radius 3 is 2.48 bits per heavy atom. The van der Waals surface area contributed by atoms with E-state index >= 15 is 0 Å². The standard InChI is InChI=1S/C17H18N2O4/c1-13(2)21-16-11-7-6-8-14(16)12-18-19-23-17(20)22-15-9-4-3-5-10-15/h3-11,13H,12H2,1-2H3. The summed E-state index contributed by atoms with van der Waals surface area (Å²) in [6.45, 7) is 4.13. The van der Waals surface area contributed by atoms with Crippen molar-refractivity contribution in [3.8, 4) is 11.5 Å². The predicted octanol–water partition coefficient (Wildman–Crippen LogP) is 4.56. The Morgan fingerprint density at radius 2 is 1.74 bits per heavy atom. The fraction of sp³-hybridized carbons (Fsp3) is 0.235. The van der Waals surface area contributed by atoms with Crippen molar-refractivity contribution < 1.29 is 19.1 Å². The van der Waals surface area contributed by atoms with Crippen molar-refractivity contribution in [2.24, 2.45) is 10.4 Å². The molecule has 0 aliphatic carbocycles. The van der Waals surface area contributed by atoms with Gasteiger partial charge in [-0.05, 0) is 32.0 Å². The second-order valence-corrected chi connectivity index (χ2v) is 4.91. The molecule has 0 fully saturated rings. The zero-order valence-electron chi connectivity index (χ0n) is 13.0. The summed E-state index contributed by atoms with van der Waals surface area (Å²) in [5.41, 5.74) is 0.852. The van der Waals surface area contributed by atoms with Crippen molar-refractivity contribution in [3.05, 3.63) is 60.2 Å². The molecule has 0 radical (unpaired) electrons. The molecule has 0 bridgehead atoms. The van der Waals surface area contributed by atoms with Crippen LogP contribution in [0.25, 0.3) is 0 Å². The van der Waals surface area contributed by atoms with E-state index in [0.717, 1.165) is 11.3 Å². The number of ether oxygens (including phenoxy) is 2. The fourth-order valence-corrected chi connectivity index (χ4v) is 1.77. The molecule has 0 aliphatic heterocycles. The van der Waals surface area contributed by atoms with Gasteiger partial charge in [0.2, 0.25) is 0 Å². The molecule has 0 aliphatic rings. The van der Waals surface area contributed by atoms with Gasteiger partial charge in [0.15, 0.2) is 0 Å². The summed E-state index contributed by atoms with van der Waals surface area (Å²) in [5, 5.41) is 7.19. The summed E-state index contributed by atoms with van der Waals surface area (Å²) < 4.78 is 10.6. The lowest BCUT2D eigenvalue weighted by molar-refractivity contribution is 0.0931. The van der Waals surface area contributed by atoms with Crippen molar-refractivity contribution in [2.45, 2.75) is 26.5 Å². The number of rotatable bonds is 6. The molecule has 0 spiro atoms. The molecule has 6 heteroatoms. The minimum absolute atomic E-state index is 0.0604. The van der Waals surface area contributed by atoms with Crippen LogP contribution in [0.3, 0.4) is 0 Å². The summed E-state index contributed by atoms with van der Waals surface area (Å²) in [4.78, 5) is 16.0. The molecule has 0 amide bonds. The molecule has 0 saturated carbocycles. The fourth-order valence-electron chi connectivity index (χ4n) is 1.77. The molecular weight excluding hydrogens is 296 g/mol. The molecule has 0 atom stereocenters. The van der Waals surface area contributed by atoms with E-state index in [9.17, 15) is 4.79 Å². The third kappa shape index (κ3) is 5.78. The van der Waals surface area contributed by atoms with Gasteiger partial charge in [0, 0.05) is 10.8 Å². The first kappa shape index (κ1) is 16.5. The summed E-state index contributed by atoms with van der Waals surface area (Å²) in [5.74, 6) is 1.11. The Labute approximate surface area is 134 Å². The Kier molecular flexibility index (Phi) is 6.11. The molecule has 0 heterocycles. The molecule has 0 aromatic heterocycles. The average molecular weight is 314 g/mol. The SMILES string of the molecule is CC(C)Oc1ccccc1CN=NOC(=O)Oc1ccccc1. The number of para-hydroxylation sites is 2. The van der Waals surface area contributed by atoms with Gasteiger partial charge in [-0.25, -0.2) is 4.79 Å². The van der Waals surface area contributed by atoms with E-state index < -0.39 is 6.16 Å². The maximum absolute atomic E-state index is 11.4. The third-order valence-electron chi connectivity index (χ3n) is 2.69. The molecule has 2 aromatic rings. The first-order chi connectivity index (χ1) is 11.1. The van der Waals surface area contributed by atoms with Crippen LogP contribution < -0.4 is 9.47 Å². The van der Waals surface area contributed by atoms with E-state index in [0.29, 0.717) is 5.75 Å². The molecule has 0 unspecified atom stereocenters. The summed E-state index contributed by atoms with van der Waals surface area (Å²) in [6, 6.07) is 16.1. The molecule has 2 rings (SSSR count). The highest BCUT2D eigenvalue weighted by Crippen LogP contribution is 2.20. The lowest BCUT2D eigenvalue weighted by atomic mass is 10.2. The van der Waals surface area contributed by atoms with Crippen LogP contribution in [0.15, 0.2) is 65.0 Å². The molecule has 6 nitrogen and oxygen atoms in total. The summed E-state index contributed by atoms with van der Waals surface area (Å²) in [6.07, 6.45) is -0.878.